The van der Waals surface area contributed by atoms with E-state index in [-0.39, 0.29) is 13.1 Å². The Morgan fingerprint density at radius 1 is 1.15 bits per heavy atom. The number of methoxy groups -OCH3 is 1. The molecule has 0 aliphatic carbocycles. The first-order valence-electron chi connectivity index (χ1n) is 8.12. The summed E-state index contributed by atoms with van der Waals surface area (Å²) < 4.78 is 31.1. The lowest BCUT2D eigenvalue weighted by molar-refractivity contribution is -0.116. The molecular formula is C19H22N2O4S. The number of nitrogens with zero attached hydrogens (tertiary/aromatic N) is 1. The van der Waals surface area contributed by atoms with Gasteiger partial charge in [-0.3, -0.25) is 4.79 Å². The van der Waals surface area contributed by atoms with Gasteiger partial charge in [-0.25, -0.2) is 8.42 Å². The van der Waals surface area contributed by atoms with Crippen molar-refractivity contribution in [1.82, 2.24) is 4.31 Å². The van der Waals surface area contributed by atoms with Gasteiger partial charge in [0.25, 0.3) is 0 Å². The van der Waals surface area contributed by atoms with Crippen LogP contribution < -0.4 is 10.1 Å². The Kier molecular flexibility index (Phi) is 6.94. The molecule has 0 saturated heterocycles. The standard InChI is InChI=1S/C19H22N2O4S/c1-3-21(26(23,24)13-12-16-8-5-4-6-9-16)15-19(22)20-17-10-7-11-18(14-17)25-2/h4-14H,3,15H2,1-2H3,(H,20,22)/b13-12+. The zero-order chi connectivity index (χ0) is 19.0. The van der Waals surface area contributed by atoms with Crippen LogP contribution in [0.4, 0.5) is 5.69 Å². The van der Waals surface area contributed by atoms with E-state index in [4.69, 9.17) is 4.74 Å². The third-order valence-electron chi connectivity index (χ3n) is 3.62. The van der Waals surface area contributed by atoms with Crippen molar-refractivity contribution >= 4 is 27.7 Å². The molecule has 0 heterocycles. The molecule has 138 valence electrons. The van der Waals surface area contributed by atoms with E-state index in [2.05, 4.69) is 5.32 Å². The molecule has 2 aromatic carbocycles. The maximum absolute atomic E-state index is 12.5. The quantitative estimate of drug-likeness (QED) is 0.771. The van der Waals surface area contributed by atoms with Crippen molar-refractivity contribution in [3.05, 3.63) is 65.6 Å². The Balaban J connectivity index is 2.04. The van der Waals surface area contributed by atoms with E-state index >= 15 is 0 Å². The fourth-order valence-electron chi connectivity index (χ4n) is 2.26. The van der Waals surface area contributed by atoms with Crippen LogP contribution in [0.1, 0.15) is 12.5 Å². The van der Waals surface area contributed by atoms with Crippen LogP contribution in [0.25, 0.3) is 6.08 Å². The molecule has 0 aliphatic heterocycles. The number of benzene rings is 2. The highest BCUT2D eigenvalue weighted by Crippen LogP contribution is 2.17. The van der Waals surface area contributed by atoms with Crippen molar-refractivity contribution in [3.8, 4) is 5.75 Å². The van der Waals surface area contributed by atoms with Crippen molar-refractivity contribution in [2.24, 2.45) is 0 Å². The topological polar surface area (TPSA) is 75.7 Å². The minimum Gasteiger partial charge on any atom is -0.497 e. The third kappa shape index (κ3) is 5.72. The van der Waals surface area contributed by atoms with E-state index in [1.807, 2.05) is 18.2 Å². The lowest BCUT2D eigenvalue weighted by Gasteiger charge is -2.18. The van der Waals surface area contributed by atoms with Gasteiger partial charge in [0, 0.05) is 23.7 Å². The number of ether oxygens (including phenoxy) is 1. The Bertz CT molecular complexity index is 864. The van der Waals surface area contributed by atoms with E-state index in [0.29, 0.717) is 11.4 Å². The average Bonchev–Trinajstić information content (AvgIpc) is 2.65. The van der Waals surface area contributed by atoms with Crippen LogP contribution >= 0.6 is 0 Å². The molecule has 26 heavy (non-hydrogen) atoms. The second-order valence-corrected chi connectivity index (χ2v) is 7.28. The number of amides is 1. The minimum atomic E-state index is -3.70. The largest absolute Gasteiger partial charge is 0.497 e. The molecule has 0 aromatic heterocycles. The third-order valence-corrected chi connectivity index (χ3v) is 5.21. The first kappa shape index (κ1) is 19.7. The van der Waals surface area contributed by atoms with E-state index in [9.17, 15) is 13.2 Å². The number of likely N-dealkylation sites (N-methyl/N-ethyl adjacent to an activating group) is 1. The van der Waals surface area contributed by atoms with E-state index < -0.39 is 15.9 Å². The lowest BCUT2D eigenvalue weighted by Crippen LogP contribution is -2.36. The van der Waals surface area contributed by atoms with Gasteiger partial charge in [-0.05, 0) is 23.8 Å². The predicted molar refractivity (Wildman–Crippen MR) is 103 cm³/mol. The average molecular weight is 374 g/mol. The van der Waals surface area contributed by atoms with Crippen LogP contribution in [0.5, 0.6) is 5.75 Å². The zero-order valence-electron chi connectivity index (χ0n) is 14.8. The van der Waals surface area contributed by atoms with Gasteiger partial charge in [0.1, 0.15) is 5.75 Å². The number of hydrogen-bond acceptors (Lipinski definition) is 4. The highest BCUT2D eigenvalue weighted by Gasteiger charge is 2.20. The number of carbonyl (C=O) groups excluding carboxylic acids is 1. The number of sulfonamides is 1. The number of hydrogen-bond donors (Lipinski definition) is 1. The summed E-state index contributed by atoms with van der Waals surface area (Å²) in [6.45, 7) is 1.61. The lowest BCUT2D eigenvalue weighted by atomic mass is 10.2. The second-order valence-electron chi connectivity index (χ2n) is 5.46. The molecule has 0 radical (unpaired) electrons. The molecule has 0 spiro atoms. The Morgan fingerprint density at radius 3 is 2.54 bits per heavy atom. The summed E-state index contributed by atoms with van der Waals surface area (Å²) in [6.07, 6.45) is 1.51. The molecule has 7 heteroatoms. The van der Waals surface area contributed by atoms with Crippen molar-refractivity contribution in [2.45, 2.75) is 6.92 Å². The molecule has 0 aliphatic rings. The van der Waals surface area contributed by atoms with Crippen LogP contribution in [0.3, 0.4) is 0 Å². The second kappa shape index (κ2) is 9.17. The molecule has 0 bridgehead atoms. The zero-order valence-corrected chi connectivity index (χ0v) is 15.6. The van der Waals surface area contributed by atoms with E-state index in [1.54, 1.807) is 43.3 Å². The molecule has 1 N–H and O–H groups in total. The predicted octanol–water partition coefficient (Wildman–Crippen LogP) is 2.96. The molecule has 0 unspecified atom stereocenters. The van der Waals surface area contributed by atoms with Crippen molar-refractivity contribution in [3.63, 3.8) is 0 Å². The molecule has 6 nitrogen and oxygen atoms in total. The summed E-state index contributed by atoms with van der Waals surface area (Å²) in [5.74, 6) is 0.186. The summed E-state index contributed by atoms with van der Waals surface area (Å²) >= 11 is 0. The van der Waals surface area contributed by atoms with Gasteiger partial charge in [0.15, 0.2) is 0 Å². The number of carbonyl (C=O) groups is 1. The van der Waals surface area contributed by atoms with Gasteiger partial charge < -0.3 is 10.1 Å². The van der Waals surface area contributed by atoms with Crippen molar-refractivity contribution in [1.29, 1.82) is 0 Å². The number of anilines is 1. The summed E-state index contributed by atoms with van der Waals surface area (Å²) in [5, 5.41) is 3.79. The van der Waals surface area contributed by atoms with Gasteiger partial charge >= 0.3 is 0 Å². The molecule has 2 rings (SSSR count). The summed E-state index contributed by atoms with van der Waals surface area (Å²) in [5.41, 5.74) is 1.32. The van der Waals surface area contributed by atoms with Crippen LogP contribution in [-0.2, 0) is 14.8 Å². The summed E-state index contributed by atoms with van der Waals surface area (Å²) in [7, 11) is -2.17. The molecular weight excluding hydrogens is 352 g/mol. The fraction of sp³-hybridized carbons (Fsp3) is 0.211. The number of rotatable bonds is 8. The Hall–Kier alpha value is -2.64. The monoisotopic (exact) mass is 374 g/mol. The molecule has 1 amide bonds. The minimum absolute atomic E-state index is 0.187. The Labute approximate surface area is 154 Å². The first-order valence-corrected chi connectivity index (χ1v) is 9.62. The maximum Gasteiger partial charge on any atom is 0.239 e. The fourth-order valence-corrected chi connectivity index (χ4v) is 3.42. The summed E-state index contributed by atoms with van der Waals surface area (Å²) in [6, 6.07) is 16.0. The van der Waals surface area contributed by atoms with Crippen LogP contribution in [-0.4, -0.2) is 38.8 Å². The molecule has 0 saturated carbocycles. The van der Waals surface area contributed by atoms with Gasteiger partial charge in [-0.2, -0.15) is 4.31 Å². The number of nitrogens with one attached hydrogen (secondary N) is 1. The molecule has 2 aromatic rings. The van der Waals surface area contributed by atoms with Gasteiger partial charge in [-0.1, -0.05) is 43.3 Å². The molecule has 0 fully saturated rings. The first-order chi connectivity index (χ1) is 12.4. The van der Waals surface area contributed by atoms with Gasteiger partial charge in [0.05, 0.1) is 13.7 Å². The van der Waals surface area contributed by atoms with E-state index in [0.717, 1.165) is 15.3 Å². The van der Waals surface area contributed by atoms with Gasteiger partial charge in [0.2, 0.25) is 15.9 Å². The van der Waals surface area contributed by atoms with Crippen LogP contribution in [0.15, 0.2) is 60.0 Å². The van der Waals surface area contributed by atoms with Crippen molar-refractivity contribution < 1.29 is 17.9 Å². The Morgan fingerprint density at radius 2 is 1.88 bits per heavy atom. The smallest absolute Gasteiger partial charge is 0.239 e. The molecule has 0 atom stereocenters. The van der Waals surface area contributed by atoms with E-state index in [1.165, 1.54) is 13.2 Å². The SMILES string of the molecule is CCN(CC(=O)Nc1cccc(OC)c1)S(=O)(=O)/C=C/c1ccccc1. The summed E-state index contributed by atoms with van der Waals surface area (Å²) in [4.78, 5) is 12.2. The van der Waals surface area contributed by atoms with Gasteiger partial charge in [-0.15, -0.1) is 0 Å². The maximum atomic E-state index is 12.5. The highest BCUT2D eigenvalue weighted by atomic mass is 32.2. The van der Waals surface area contributed by atoms with Crippen LogP contribution in [0.2, 0.25) is 0 Å². The van der Waals surface area contributed by atoms with Crippen molar-refractivity contribution in [2.75, 3.05) is 25.5 Å². The highest BCUT2D eigenvalue weighted by molar-refractivity contribution is 7.92. The normalized spacial score (nSPS) is 11.7. The van der Waals surface area contributed by atoms with Crippen LogP contribution in [0, 0.1) is 0 Å².